The maximum absolute atomic E-state index is 13.5. The number of para-hydroxylation sites is 1. The number of benzene rings is 1. The minimum atomic E-state index is -1.20. The van der Waals surface area contributed by atoms with Crippen LogP contribution in [0, 0.1) is 15.9 Å². The van der Waals surface area contributed by atoms with Crippen LogP contribution in [0.15, 0.2) is 35.7 Å². The average molecular weight is 296 g/mol. The molecule has 1 heterocycles. The first-order chi connectivity index (χ1) is 9.50. The Morgan fingerprint density at radius 1 is 1.40 bits per heavy atom. The molecule has 1 aromatic heterocycles. The Balaban J connectivity index is 2.40. The molecule has 0 saturated carbocycles. The van der Waals surface area contributed by atoms with Crippen molar-refractivity contribution < 1.29 is 19.2 Å². The number of anilines is 1. The number of rotatable bonds is 5. The highest BCUT2D eigenvalue weighted by atomic mass is 32.1. The van der Waals surface area contributed by atoms with Crippen LogP contribution < -0.4 is 5.32 Å². The molecule has 0 saturated heterocycles. The molecule has 1 unspecified atom stereocenters. The van der Waals surface area contributed by atoms with Gasteiger partial charge in [-0.3, -0.25) is 10.1 Å². The smallest absolute Gasteiger partial charge is 0.331 e. The second-order valence-corrected chi connectivity index (χ2v) is 4.80. The number of hydrogen-bond donors (Lipinski definition) is 2. The SMILES string of the molecule is O=C(O)C(Nc1cccc(F)c1[N+](=O)[O-])c1cccs1. The minimum Gasteiger partial charge on any atom is -0.479 e. The number of aliphatic carboxylic acids is 1. The molecule has 20 heavy (non-hydrogen) atoms. The zero-order valence-corrected chi connectivity index (χ0v) is 10.8. The Morgan fingerprint density at radius 2 is 2.15 bits per heavy atom. The normalized spacial score (nSPS) is 11.8. The van der Waals surface area contributed by atoms with Gasteiger partial charge < -0.3 is 10.4 Å². The van der Waals surface area contributed by atoms with Crippen LogP contribution in [-0.4, -0.2) is 16.0 Å². The van der Waals surface area contributed by atoms with Gasteiger partial charge in [0.1, 0.15) is 5.69 Å². The van der Waals surface area contributed by atoms with Gasteiger partial charge in [0, 0.05) is 4.88 Å². The average Bonchev–Trinajstić information content (AvgIpc) is 2.88. The van der Waals surface area contributed by atoms with Gasteiger partial charge in [-0.1, -0.05) is 12.1 Å². The van der Waals surface area contributed by atoms with Crippen LogP contribution in [-0.2, 0) is 4.79 Å². The van der Waals surface area contributed by atoms with Crippen molar-refractivity contribution in [3.8, 4) is 0 Å². The van der Waals surface area contributed by atoms with E-state index in [4.69, 9.17) is 0 Å². The summed E-state index contributed by atoms with van der Waals surface area (Å²) in [6.45, 7) is 0. The van der Waals surface area contributed by atoms with Crippen molar-refractivity contribution in [1.82, 2.24) is 0 Å². The van der Waals surface area contributed by atoms with Gasteiger partial charge in [-0.05, 0) is 23.6 Å². The van der Waals surface area contributed by atoms with Crippen molar-refractivity contribution in [3.05, 3.63) is 56.5 Å². The molecule has 8 heteroatoms. The molecule has 0 aliphatic carbocycles. The van der Waals surface area contributed by atoms with Gasteiger partial charge in [-0.15, -0.1) is 11.3 Å². The summed E-state index contributed by atoms with van der Waals surface area (Å²) in [6, 6.07) is 5.57. The summed E-state index contributed by atoms with van der Waals surface area (Å²) in [7, 11) is 0. The van der Waals surface area contributed by atoms with E-state index in [9.17, 15) is 24.4 Å². The van der Waals surface area contributed by atoms with Crippen LogP contribution in [0.5, 0.6) is 0 Å². The van der Waals surface area contributed by atoms with Crippen LogP contribution in [0.3, 0.4) is 0 Å². The Morgan fingerprint density at radius 3 is 2.70 bits per heavy atom. The fourth-order valence-electron chi connectivity index (χ4n) is 1.68. The van der Waals surface area contributed by atoms with E-state index in [1.165, 1.54) is 23.5 Å². The van der Waals surface area contributed by atoms with Crippen molar-refractivity contribution in [2.24, 2.45) is 0 Å². The highest BCUT2D eigenvalue weighted by Gasteiger charge is 2.26. The van der Waals surface area contributed by atoms with Gasteiger partial charge in [0.25, 0.3) is 0 Å². The Hall–Kier alpha value is -2.48. The summed E-state index contributed by atoms with van der Waals surface area (Å²) >= 11 is 1.19. The third-order valence-electron chi connectivity index (χ3n) is 2.54. The zero-order valence-electron chi connectivity index (χ0n) is 9.95. The Kier molecular flexibility index (Phi) is 3.94. The summed E-state index contributed by atoms with van der Waals surface area (Å²) in [5.41, 5.74) is -0.939. The first-order valence-electron chi connectivity index (χ1n) is 5.46. The molecule has 0 radical (unpaired) electrons. The van der Waals surface area contributed by atoms with Crippen LogP contribution in [0.4, 0.5) is 15.8 Å². The highest BCUT2D eigenvalue weighted by molar-refractivity contribution is 7.10. The molecule has 1 atom stereocenters. The lowest BCUT2D eigenvalue weighted by molar-refractivity contribution is -0.386. The van der Waals surface area contributed by atoms with Gasteiger partial charge in [0.2, 0.25) is 5.82 Å². The van der Waals surface area contributed by atoms with Crippen molar-refractivity contribution in [2.75, 3.05) is 5.32 Å². The molecule has 0 bridgehead atoms. The number of carboxylic acid groups (broad SMARTS) is 1. The first-order valence-corrected chi connectivity index (χ1v) is 6.34. The predicted molar refractivity (Wildman–Crippen MR) is 71.4 cm³/mol. The number of hydrogen-bond acceptors (Lipinski definition) is 5. The summed E-state index contributed by atoms with van der Waals surface area (Å²) in [4.78, 5) is 21.7. The van der Waals surface area contributed by atoms with Crippen molar-refractivity contribution in [1.29, 1.82) is 0 Å². The number of carboxylic acids is 1. The molecule has 1 aromatic carbocycles. The summed E-state index contributed by atoms with van der Waals surface area (Å²) in [5.74, 6) is -2.22. The number of thiophene rings is 1. The van der Waals surface area contributed by atoms with Gasteiger partial charge in [-0.25, -0.2) is 4.79 Å². The van der Waals surface area contributed by atoms with E-state index in [2.05, 4.69) is 5.32 Å². The molecule has 0 aliphatic rings. The monoisotopic (exact) mass is 296 g/mol. The summed E-state index contributed by atoms with van der Waals surface area (Å²) in [6.07, 6.45) is 0. The minimum absolute atomic E-state index is 0.171. The molecule has 6 nitrogen and oxygen atoms in total. The maximum Gasteiger partial charge on any atom is 0.331 e. The van der Waals surface area contributed by atoms with Crippen molar-refractivity contribution >= 4 is 28.7 Å². The van der Waals surface area contributed by atoms with Crippen molar-refractivity contribution in [3.63, 3.8) is 0 Å². The van der Waals surface area contributed by atoms with Crippen molar-refractivity contribution in [2.45, 2.75) is 6.04 Å². The molecule has 2 N–H and O–H groups in total. The van der Waals surface area contributed by atoms with E-state index in [0.717, 1.165) is 6.07 Å². The molecule has 0 amide bonds. The Labute approximate surface area is 116 Å². The second-order valence-electron chi connectivity index (χ2n) is 3.82. The summed E-state index contributed by atoms with van der Waals surface area (Å²) < 4.78 is 13.5. The van der Waals surface area contributed by atoms with Crippen LogP contribution in [0.1, 0.15) is 10.9 Å². The highest BCUT2D eigenvalue weighted by Crippen LogP contribution is 2.31. The van der Waals surface area contributed by atoms with E-state index in [1.807, 2.05) is 0 Å². The van der Waals surface area contributed by atoms with E-state index in [1.54, 1.807) is 17.5 Å². The zero-order chi connectivity index (χ0) is 14.7. The number of carbonyl (C=O) groups is 1. The van der Waals surface area contributed by atoms with E-state index < -0.39 is 28.4 Å². The van der Waals surface area contributed by atoms with Gasteiger partial charge in [0.05, 0.1) is 4.92 Å². The topological polar surface area (TPSA) is 92.5 Å². The second kappa shape index (κ2) is 5.66. The molecule has 0 fully saturated rings. The standard InChI is InChI=1S/C12H9FN2O4S/c13-7-3-1-4-8(11(7)15(18)19)14-10(12(16)17)9-5-2-6-20-9/h1-6,10,14H,(H,16,17). The number of nitro groups is 1. The lowest BCUT2D eigenvalue weighted by Gasteiger charge is -2.14. The third kappa shape index (κ3) is 2.75. The fraction of sp³-hybridized carbons (Fsp3) is 0.0833. The van der Waals surface area contributed by atoms with Gasteiger partial charge in [0.15, 0.2) is 6.04 Å². The summed E-state index contributed by atoms with van der Waals surface area (Å²) in [5, 5.41) is 24.2. The van der Waals surface area contributed by atoms with Gasteiger partial charge in [-0.2, -0.15) is 4.39 Å². The molecule has 2 rings (SSSR count). The van der Waals surface area contributed by atoms with Crippen LogP contribution >= 0.6 is 11.3 Å². The molecular formula is C12H9FN2O4S. The molecule has 2 aromatic rings. The number of halogens is 1. The van der Waals surface area contributed by atoms with Crippen LogP contribution in [0.2, 0.25) is 0 Å². The van der Waals surface area contributed by atoms with Crippen LogP contribution in [0.25, 0.3) is 0 Å². The molecule has 0 aliphatic heterocycles. The lowest BCUT2D eigenvalue weighted by atomic mass is 10.2. The Bertz CT molecular complexity index is 645. The number of nitro benzene ring substituents is 1. The fourth-order valence-corrected chi connectivity index (χ4v) is 2.45. The quantitative estimate of drug-likeness (QED) is 0.653. The number of nitrogens with one attached hydrogen (secondary N) is 1. The number of nitrogens with zero attached hydrogens (tertiary/aromatic N) is 1. The maximum atomic E-state index is 13.5. The first kappa shape index (κ1) is 13.9. The third-order valence-corrected chi connectivity index (χ3v) is 3.48. The van der Waals surface area contributed by atoms with E-state index >= 15 is 0 Å². The molecular weight excluding hydrogens is 287 g/mol. The van der Waals surface area contributed by atoms with E-state index in [0.29, 0.717) is 4.88 Å². The predicted octanol–water partition coefficient (Wildman–Crippen LogP) is 3.03. The van der Waals surface area contributed by atoms with E-state index in [-0.39, 0.29) is 5.69 Å². The molecule has 104 valence electrons. The van der Waals surface area contributed by atoms with Gasteiger partial charge >= 0.3 is 11.7 Å². The lowest BCUT2D eigenvalue weighted by Crippen LogP contribution is -2.20. The molecule has 0 spiro atoms. The largest absolute Gasteiger partial charge is 0.479 e.